The quantitative estimate of drug-likeness (QED) is 0.844. The van der Waals surface area contributed by atoms with Crippen LogP contribution in [0.5, 0.6) is 0 Å². The predicted octanol–water partition coefficient (Wildman–Crippen LogP) is 4.66. The van der Waals surface area contributed by atoms with Gasteiger partial charge >= 0.3 is 0 Å². The molecule has 0 radical (unpaired) electrons. The first kappa shape index (κ1) is 14.0. The highest BCUT2D eigenvalue weighted by atomic mass is 79.9. The molecule has 1 fully saturated rings. The Bertz CT molecular complexity index is 411. The zero-order valence-corrected chi connectivity index (χ0v) is 12.6. The summed E-state index contributed by atoms with van der Waals surface area (Å²) in [5, 5.41) is 0. The molecule has 2 N–H and O–H groups in total. The van der Waals surface area contributed by atoms with E-state index in [0.29, 0.717) is 10.4 Å². The minimum absolute atomic E-state index is 0.0205. The van der Waals surface area contributed by atoms with Crippen molar-refractivity contribution in [3.05, 3.63) is 34.1 Å². The van der Waals surface area contributed by atoms with Gasteiger partial charge < -0.3 is 5.73 Å². The Morgan fingerprint density at radius 3 is 2.39 bits per heavy atom. The molecule has 18 heavy (non-hydrogen) atoms. The topological polar surface area (TPSA) is 26.0 Å². The van der Waals surface area contributed by atoms with Crippen LogP contribution in [0.15, 0.2) is 22.7 Å². The van der Waals surface area contributed by atoms with Gasteiger partial charge in [0.05, 0.1) is 4.47 Å². The SMILES string of the molecule is CC1CC(C)CC(C(N)c2ccc(F)c(Br)c2)C1. The smallest absolute Gasteiger partial charge is 0.137 e. The van der Waals surface area contributed by atoms with Gasteiger partial charge in [-0.2, -0.15) is 0 Å². The first-order valence-corrected chi connectivity index (χ1v) is 7.47. The van der Waals surface area contributed by atoms with Crippen LogP contribution in [0.4, 0.5) is 4.39 Å². The lowest BCUT2D eigenvalue weighted by molar-refractivity contribution is 0.193. The number of halogens is 2. The summed E-state index contributed by atoms with van der Waals surface area (Å²) < 4.78 is 13.7. The molecule has 1 aliphatic rings. The molecule has 3 unspecified atom stereocenters. The molecule has 1 aliphatic carbocycles. The van der Waals surface area contributed by atoms with Gasteiger partial charge in [0.1, 0.15) is 5.82 Å². The molecular formula is C15H21BrFN. The van der Waals surface area contributed by atoms with E-state index in [4.69, 9.17) is 5.73 Å². The van der Waals surface area contributed by atoms with E-state index in [1.54, 1.807) is 0 Å². The van der Waals surface area contributed by atoms with Gasteiger partial charge in [0.25, 0.3) is 0 Å². The molecule has 2 rings (SSSR count). The van der Waals surface area contributed by atoms with E-state index in [0.717, 1.165) is 17.4 Å². The van der Waals surface area contributed by atoms with Gasteiger partial charge in [0.2, 0.25) is 0 Å². The van der Waals surface area contributed by atoms with E-state index in [1.165, 1.54) is 25.3 Å². The van der Waals surface area contributed by atoms with Crippen molar-refractivity contribution in [1.29, 1.82) is 0 Å². The lowest BCUT2D eigenvalue weighted by atomic mass is 9.73. The van der Waals surface area contributed by atoms with Crippen molar-refractivity contribution in [3.63, 3.8) is 0 Å². The van der Waals surface area contributed by atoms with Crippen LogP contribution in [0.3, 0.4) is 0 Å². The molecule has 0 saturated heterocycles. The number of hydrogen-bond donors (Lipinski definition) is 1. The zero-order chi connectivity index (χ0) is 13.3. The average Bonchev–Trinajstić information content (AvgIpc) is 2.30. The van der Waals surface area contributed by atoms with E-state index in [1.807, 2.05) is 12.1 Å². The summed E-state index contributed by atoms with van der Waals surface area (Å²) in [6, 6.07) is 5.15. The highest BCUT2D eigenvalue weighted by Crippen LogP contribution is 2.39. The van der Waals surface area contributed by atoms with Crippen LogP contribution < -0.4 is 5.73 Å². The maximum Gasteiger partial charge on any atom is 0.137 e. The Morgan fingerprint density at radius 2 is 1.83 bits per heavy atom. The Balaban J connectivity index is 2.14. The second kappa shape index (κ2) is 5.70. The predicted molar refractivity (Wildman–Crippen MR) is 76.7 cm³/mol. The van der Waals surface area contributed by atoms with Crippen molar-refractivity contribution >= 4 is 15.9 Å². The van der Waals surface area contributed by atoms with Gasteiger partial charge in [-0.05, 0) is 70.6 Å². The van der Waals surface area contributed by atoms with Crippen LogP contribution in [-0.2, 0) is 0 Å². The minimum atomic E-state index is -0.226. The van der Waals surface area contributed by atoms with Gasteiger partial charge in [-0.3, -0.25) is 0 Å². The van der Waals surface area contributed by atoms with Crippen LogP contribution >= 0.6 is 15.9 Å². The van der Waals surface area contributed by atoms with Gasteiger partial charge in [-0.15, -0.1) is 0 Å². The monoisotopic (exact) mass is 313 g/mol. The van der Waals surface area contributed by atoms with E-state index in [2.05, 4.69) is 29.8 Å². The zero-order valence-electron chi connectivity index (χ0n) is 11.0. The highest BCUT2D eigenvalue weighted by Gasteiger charge is 2.29. The summed E-state index contributed by atoms with van der Waals surface area (Å²) in [4.78, 5) is 0. The van der Waals surface area contributed by atoms with Crippen LogP contribution in [0.2, 0.25) is 0 Å². The van der Waals surface area contributed by atoms with Crippen LogP contribution in [0.25, 0.3) is 0 Å². The van der Waals surface area contributed by atoms with Crippen LogP contribution in [-0.4, -0.2) is 0 Å². The molecule has 0 amide bonds. The summed E-state index contributed by atoms with van der Waals surface area (Å²) in [5.41, 5.74) is 7.41. The van der Waals surface area contributed by atoms with Crippen LogP contribution in [0.1, 0.15) is 44.7 Å². The van der Waals surface area contributed by atoms with Gasteiger partial charge in [-0.1, -0.05) is 19.9 Å². The molecule has 3 heteroatoms. The van der Waals surface area contributed by atoms with Crippen molar-refractivity contribution in [3.8, 4) is 0 Å². The second-order valence-corrected chi connectivity index (χ2v) is 6.73. The summed E-state index contributed by atoms with van der Waals surface area (Å²) in [5.74, 6) is 1.78. The molecular weight excluding hydrogens is 293 g/mol. The summed E-state index contributed by atoms with van der Waals surface area (Å²) in [7, 11) is 0. The van der Waals surface area contributed by atoms with Crippen molar-refractivity contribution in [2.75, 3.05) is 0 Å². The third kappa shape index (κ3) is 3.12. The summed E-state index contributed by atoms with van der Waals surface area (Å²) >= 11 is 3.23. The van der Waals surface area contributed by atoms with Crippen molar-refractivity contribution in [2.24, 2.45) is 23.5 Å². The maximum absolute atomic E-state index is 13.2. The first-order valence-electron chi connectivity index (χ1n) is 6.68. The molecule has 0 spiro atoms. The highest BCUT2D eigenvalue weighted by molar-refractivity contribution is 9.10. The molecule has 1 saturated carbocycles. The molecule has 3 atom stereocenters. The maximum atomic E-state index is 13.2. The number of hydrogen-bond acceptors (Lipinski definition) is 1. The third-order valence-corrected chi connectivity index (χ3v) is 4.66. The Kier molecular flexibility index (Phi) is 4.44. The summed E-state index contributed by atoms with van der Waals surface area (Å²) in [6.07, 6.45) is 3.66. The lowest BCUT2D eigenvalue weighted by Gasteiger charge is -2.35. The van der Waals surface area contributed by atoms with Crippen molar-refractivity contribution in [1.82, 2.24) is 0 Å². The second-order valence-electron chi connectivity index (χ2n) is 5.88. The van der Waals surface area contributed by atoms with Crippen molar-refractivity contribution < 1.29 is 4.39 Å². The largest absolute Gasteiger partial charge is 0.324 e. The third-order valence-electron chi connectivity index (χ3n) is 4.05. The molecule has 0 aromatic heterocycles. The lowest BCUT2D eigenvalue weighted by Crippen LogP contribution is -2.29. The minimum Gasteiger partial charge on any atom is -0.324 e. The average molecular weight is 314 g/mol. The van der Waals surface area contributed by atoms with Crippen molar-refractivity contribution in [2.45, 2.75) is 39.2 Å². The summed E-state index contributed by atoms with van der Waals surface area (Å²) in [6.45, 7) is 4.60. The number of nitrogens with two attached hydrogens (primary N) is 1. The van der Waals surface area contributed by atoms with Gasteiger partial charge in [0, 0.05) is 6.04 Å². The molecule has 1 aromatic carbocycles. The molecule has 0 bridgehead atoms. The molecule has 1 aromatic rings. The number of rotatable bonds is 2. The number of benzene rings is 1. The van der Waals surface area contributed by atoms with E-state index >= 15 is 0 Å². The molecule has 100 valence electrons. The van der Waals surface area contributed by atoms with Crippen LogP contribution in [0, 0.1) is 23.6 Å². The standard InChI is InChI=1S/C15H21BrFN/c1-9-5-10(2)7-12(6-9)15(18)11-3-4-14(17)13(16)8-11/h3-4,8-10,12,15H,5-7,18H2,1-2H3. The van der Waals surface area contributed by atoms with E-state index in [9.17, 15) is 4.39 Å². The molecule has 1 nitrogen and oxygen atoms in total. The fourth-order valence-electron chi connectivity index (χ4n) is 3.29. The molecule has 0 aliphatic heterocycles. The Morgan fingerprint density at radius 1 is 1.22 bits per heavy atom. The first-order chi connectivity index (χ1) is 8.47. The Hall–Kier alpha value is -0.410. The van der Waals surface area contributed by atoms with E-state index < -0.39 is 0 Å². The van der Waals surface area contributed by atoms with E-state index in [-0.39, 0.29) is 11.9 Å². The molecule has 0 heterocycles. The van der Waals surface area contributed by atoms with Gasteiger partial charge in [0.15, 0.2) is 0 Å². The fourth-order valence-corrected chi connectivity index (χ4v) is 3.69. The normalized spacial score (nSPS) is 30.2. The fraction of sp³-hybridized carbons (Fsp3) is 0.600. The van der Waals surface area contributed by atoms with Gasteiger partial charge in [-0.25, -0.2) is 4.39 Å². The Labute approximate surface area is 117 Å².